The number of nitrogens with two attached hydrogens (primary N) is 1. The summed E-state index contributed by atoms with van der Waals surface area (Å²) in [6.07, 6.45) is 5.44. The van der Waals surface area contributed by atoms with Gasteiger partial charge >= 0.3 is 0 Å². The number of rotatable bonds is 7. The molecule has 1 unspecified atom stereocenters. The van der Waals surface area contributed by atoms with E-state index in [-0.39, 0.29) is 11.8 Å². The van der Waals surface area contributed by atoms with Gasteiger partial charge in [0, 0.05) is 29.5 Å². The Hall–Kier alpha value is -1.73. The monoisotopic (exact) mass is 420 g/mol. The minimum atomic E-state index is 0.119. The maximum atomic E-state index is 12.4. The summed E-state index contributed by atoms with van der Waals surface area (Å²) in [6, 6.07) is 7.82. The zero-order chi connectivity index (χ0) is 18.4. The fraction of sp³-hybridized carbons (Fsp3) is 0.526. The summed E-state index contributed by atoms with van der Waals surface area (Å²) in [5.74, 6) is 1.56. The molecular weight excluding hydrogens is 396 g/mol. The summed E-state index contributed by atoms with van der Waals surface area (Å²) >= 11 is 3.42. The van der Waals surface area contributed by atoms with Gasteiger partial charge in [-0.15, -0.1) is 0 Å². The van der Waals surface area contributed by atoms with Gasteiger partial charge in [-0.25, -0.2) is 0 Å². The van der Waals surface area contributed by atoms with Crippen molar-refractivity contribution in [2.75, 3.05) is 19.6 Å². The smallest absolute Gasteiger partial charge is 0.231 e. The Morgan fingerprint density at radius 1 is 1.27 bits per heavy atom. The molecule has 7 heteroatoms. The Bertz CT molecular complexity index is 717. The lowest BCUT2D eigenvalue weighted by atomic mass is 9.97. The number of nitrogens with zero attached hydrogens (tertiary/aromatic N) is 3. The highest BCUT2D eigenvalue weighted by molar-refractivity contribution is 9.10. The molecule has 1 aliphatic heterocycles. The summed E-state index contributed by atoms with van der Waals surface area (Å²) in [5, 5.41) is 4.11. The molecule has 26 heavy (non-hydrogen) atoms. The zero-order valence-corrected chi connectivity index (χ0v) is 16.5. The van der Waals surface area contributed by atoms with Gasteiger partial charge in [0.2, 0.25) is 17.6 Å². The fourth-order valence-corrected chi connectivity index (χ4v) is 3.54. The molecule has 1 fully saturated rings. The van der Waals surface area contributed by atoms with E-state index in [2.05, 4.69) is 26.1 Å². The molecule has 0 radical (unpaired) electrons. The van der Waals surface area contributed by atoms with Crippen LogP contribution in [0.2, 0.25) is 0 Å². The van der Waals surface area contributed by atoms with Crippen LogP contribution in [0.3, 0.4) is 0 Å². The molecule has 1 aromatic carbocycles. The van der Waals surface area contributed by atoms with E-state index in [1.54, 1.807) is 0 Å². The Morgan fingerprint density at radius 3 is 2.85 bits per heavy atom. The van der Waals surface area contributed by atoms with Gasteiger partial charge in [0.1, 0.15) is 0 Å². The molecule has 0 spiro atoms. The number of piperidine rings is 1. The van der Waals surface area contributed by atoms with Gasteiger partial charge in [-0.2, -0.15) is 4.98 Å². The van der Waals surface area contributed by atoms with Gasteiger partial charge < -0.3 is 15.2 Å². The molecule has 0 saturated carbocycles. The van der Waals surface area contributed by atoms with Crippen LogP contribution in [0.25, 0.3) is 11.4 Å². The molecule has 6 nitrogen and oxygen atoms in total. The summed E-state index contributed by atoms with van der Waals surface area (Å²) < 4.78 is 6.52. The number of benzene rings is 1. The van der Waals surface area contributed by atoms with E-state index in [9.17, 15) is 4.79 Å². The third kappa shape index (κ3) is 4.92. The normalized spacial score (nSPS) is 17.5. The first kappa shape index (κ1) is 19.0. The summed E-state index contributed by atoms with van der Waals surface area (Å²) in [5.41, 5.74) is 6.42. The van der Waals surface area contributed by atoms with Crippen LogP contribution < -0.4 is 5.73 Å². The van der Waals surface area contributed by atoms with Crippen molar-refractivity contribution in [1.29, 1.82) is 0 Å². The van der Waals surface area contributed by atoms with E-state index in [0.29, 0.717) is 31.2 Å². The third-order valence-corrected chi connectivity index (χ3v) is 5.29. The first-order valence-corrected chi connectivity index (χ1v) is 10.0. The van der Waals surface area contributed by atoms with Gasteiger partial charge in [0.05, 0.1) is 5.92 Å². The quantitative estimate of drug-likeness (QED) is 0.689. The molecule has 1 amide bonds. The van der Waals surface area contributed by atoms with Gasteiger partial charge in [-0.05, 0) is 56.5 Å². The lowest BCUT2D eigenvalue weighted by Crippen LogP contribution is -2.39. The number of carbonyl (C=O) groups is 1. The largest absolute Gasteiger partial charge is 0.342 e. The molecule has 1 aromatic heterocycles. The number of likely N-dealkylation sites (tertiary alicyclic amines) is 1. The zero-order valence-electron chi connectivity index (χ0n) is 14.9. The lowest BCUT2D eigenvalue weighted by molar-refractivity contribution is -0.132. The first-order valence-electron chi connectivity index (χ1n) is 9.25. The third-order valence-electron chi connectivity index (χ3n) is 4.76. The second-order valence-electron chi connectivity index (χ2n) is 6.74. The van der Waals surface area contributed by atoms with E-state index in [1.807, 2.05) is 29.2 Å². The van der Waals surface area contributed by atoms with Crippen molar-refractivity contribution in [1.82, 2.24) is 15.0 Å². The Kier molecular flexibility index (Phi) is 6.80. The minimum absolute atomic E-state index is 0.119. The number of hydrogen-bond acceptors (Lipinski definition) is 5. The number of halogens is 1. The van der Waals surface area contributed by atoms with E-state index in [1.165, 1.54) is 0 Å². The number of aromatic nitrogens is 2. The highest BCUT2D eigenvalue weighted by atomic mass is 79.9. The predicted molar refractivity (Wildman–Crippen MR) is 104 cm³/mol. The van der Waals surface area contributed by atoms with Crippen molar-refractivity contribution in [3.63, 3.8) is 0 Å². The molecule has 0 bridgehead atoms. The molecule has 140 valence electrons. The van der Waals surface area contributed by atoms with Crippen LogP contribution in [0.15, 0.2) is 33.3 Å². The maximum Gasteiger partial charge on any atom is 0.231 e. The van der Waals surface area contributed by atoms with Crippen LogP contribution >= 0.6 is 15.9 Å². The Balaban J connectivity index is 1.59. The number of hydrogen-bond donors (Lipinski definition) is 1. The average molecular weight is 421 g/mol. The van der Waals surface area contributed by atoms with Crippen LogP contribution in [-0.4, -0.2) is 40.6 Å². The van der Waals surface area contributed by atoms with Gasteiger partial charge in [-0.3, -0.25) is 4.79 Å². The van der Waals surface area contributed by atoms with Crippen molar-refractivity contribution < 1.29 is 9.32 Å². The second-order valence-corrected chi connectivity index (χ2v) is 7.66. The molecular formula is C19H25BrN4O2. The van der Waals surface area contributed by atoms with E-state index in [4.69, 9.17) is 10.3 Å². The van der Waals surface area contributed by atoms with Crippen molar-refractivity contribution in [3.8, 4) is 11.4 Å². The van der Waals surface area contributed by atoms with Crippen LogP contribution in [0.5, 0.6) is 0 Å². The minimum Gasteiger partial charge on any atom is -0.342 e. The van der Waals surface area contributed by atoms with E-state index < -0.39 is 0 Å². The molecule has 2 aromatic rings. The molecule has 2 heterocycles. The summed E-state index contributed by atoms with van der Waals surface area (Å²) in [7, 11) is 0. The fourth-order valence-electron chi connectivity index (χ4n) is 3.28. The van der Waals surface area contributed by atoms with Gasteiger partial charge in [-0.1, -0.05) is 27.5 Å². The second kappa shape index (κ2) is 9.28. The SMILES string of the molecule is NCCCCCC(=O)N1CCCC(c2nc(-c3ccc(Br)cc3)no2)C1. The molecule has 1 atom stereocenters. The Labute approximate surface area is 162 Å². The molecule has 1 saturated heterocycles. The molecule has 3 rings (SSSR count). The maximum absolute atomic E-state index is 12.4. The molecule has 0 aliphatic carbocycles. The van der Waals surface area contributed by atoms with E-state index in [0.717, 1.165) is 48.7 Å². The predicted octanol–water partition coefficient (Wildman–Crippen LogP) is 3.72. The van der Waals surface area contributed by atoms with Crippen LogP contribution in [0, 0.1) is 0 Å². The van der Waals surface area contributed by atoms with Crippen LogP contribution in [0.1, 0.15) is 50.3 Å². The van der Waals surface area contributed by atoms with Crippen molar-refractivity contribution in [3.05, 3.63) is 34.6 Å². The summed E-state index contributed by atoms with van der Waals surface area (Å²) in [4.78, 5) is 18.9. The van der Waals surface area contributed by atoms with Crippen LogP contribution in [0.4, 0.5) is 0 Å². The van der Waals surface area contributed by atoms with Gasteiger partial charge in [0.25, 0.3) is 0 Å². The molecule has 2 N–H and O–H groups in total. The first-order chi connectivity index (χ1) is 12.7. The van der Waals surface area contributed by atoms with Crippen LogP contribution in [-0.2, 0) is 4.79 Å². The van der Waals surface area contributed by atoms with Crippen molar-refractivity contribution in [2.24, 2.45) is 5.73 Å². The lowest BCUT2D eigenvalue weighted by Gasteiger charge is -2.31. The van der Waals surface area contributed by atoms with Crippen molar-refractivity contribution >= 4 is 21.8 Å². The highest BCUT2D eigenvalue weighted by Crippen LogP contribution is 2.28. The van der Waals surface area contributed by atoms with E-state index >= 15 is 0 Å². The average Bonchev–Trinajstić information content (AvgIpc) is 3.16. The van der Waals surface area contributed by atoms with Crippen molar-refractivity contribution in [2.45, 2.75) is 44.4 Å². The standard InChI is InChI=1S/C19H25BrN4O2/c20-16-9-7-14(8-10-16)18-22-19(26-23-18)15-5-4-12-24(13-15)17(25)6-2-1-3-11-21/h7-10,15H,1-6,11-13,21H2. The topological polar surface area (TPSA) is 85.3 Å². The highest BCUT2D eigenvalue weighted by Gasteiger charge is 2.28. The Morgan fingerprint density at radius 2 is 2.08 bits per heavy atom. The number of carbonyl (C=O) groups excluding carboxylic acids is 1. The van der Waals surface area contributed by atoms with Gasteiger partial charge in [0.15, 0.2) is 0 Å². The number of amides is 1. The summed E-state index contributed by atoms with van der Waals surface area (Å²) in [6.45, 7) is 2.18. The number of unbranched alkanes of at least 4 members (excludes halogenated alkanes) is 2. The molecule has 1 aliphatic rings.